The Labute approximate surface area is 125 Å². The summed E-state index contributed by atoms with van der Waals surface area (Å²) in [7, 11) is 1.69. The fraction of sp³-hybridized carbons (Fsp3) is 0.294. The van der Waals surface area contributed by atoms with Crippen molar-refractivity contribution in [2.75, 3.05) is 13.7 Å². The van der Waals surface area contributed by atoms with Gasteiger partial charge in [-0.3, -0.25) is 0 Å². The molecule has 0 spiro atoms. The molecule has 0 saturated heterocycles. The van der Waals surface area contributed by atoms with Crippen molar-refractivity contribution < 1.29 is 4.74 Å². The van der Waals surface area contributed by atoms with E-state index in [-0.39, 0.29) is 6.04 Å². The smallest absolute Gasteiger partial charge is 0.124 e. The van der Waals surface area contributed by atoms with Gasteiger partial charge in [-0.1, -0.05) is 48.9 Å². The first-order valence-electron chi connectivity index (χ1n) is 6.88. The molecule has 0 aliphatic carbocycles. The molecule has 0 radical (unpaired) electrons. The van der Waals surface area contributed by atoms with Crippen LogP contribution >= 0.6 is 11.6 Å². The summed E-state index contributed by atoms with van der Waals surface area (Å²) in [5, 5.41) is 4.29. The zero-order chi connectivity index (χ0) is 14.4. The van der Waals surface area contributed by atoms with Gasteiger partial charge in [-0.05, 0) is 36.7 Å². The van der Waals surface area contributed by atoms with Crippen molar-refractivity contribution in [3.63, 3.8) is 0 Å². The van der Waals surface area contributed by atoms with E-state index in [2.05, 4.69) is 24.4 Å². The molecule has 0 fully saturated rings. The fourth-order valence-corrected chi connectivity index (χ4v) is 2.45. The third-order valence-electron chi connectivity index (χ3n) is 3.23. The maximum Gasteiger partial charge on any atom is 0.124 e. The van der Waals surface area contributed by atoms with Crippen LogP contribution in [0.15, 0.2) is 48.5 Å². The number of ether oxygens (including phenoxy) is 1. The Hall–Kier alpha value is -1.51. The van der Waals surface area contributed by atoms with E-state index >= 15 is 0 Å². The monoisotopic (exact) mass is 289 g/mol. The minimum Gasteiger partial charge on any atom is -0.496 e. The molecule has 0 amide bonds. The first-order valence-corrected chi connectivity index (χ1v) is 7.25. The van der Waals surface area contributed by atoms with Crippen LogP contribution in [0.25, 0.3) is 0 Å². The number of hydrogen-bond donors (Lipinski definition) is 1. The van der Waals surface area contributed by atoms with Crippen molar-refractivity contribution in [1.82, 2.24) is 5.32 Å². The highest BCUT2D eigenvalue weighted by Crippen LogP contribution is 2.32. The Morgan fingerprint density at radius 2 is 1.90 bits per heavy atom. The Kier molecular flexibility index (Phi) is 5.45. The van der Waals surface area contributed by atoms with Gasteiger partial charge in [-0.15, -0.1) is 0 Å². The maximum atomic E-state index is 6.16. The molecule has 1 atom stereocenters. The summed E-state index contributed by atoms with van der Waals surface area (Å²) in [6.07, 6.45) is 1.08. The predicted molar refractivity (Wildman–Crippen MR) is 84.6 cm³/mol. The van der Waals surface area contributed by atoms with Crippen LogP contribution in [-0.2, 0) is 0 Å². The van der Waals surface area contributed by atoms with E-state index < -0.39 is 0 Å². The number of benzene rings is 2. The first kappa shape index (κ1) is 14.9. The van der Waals surface area contributed by atoms with Crippen LogP contribution in [0.3, 0.4) is 0 Å². The van der Waals surface area contributed by atoms with Crippen molar-refractivity contribution in [3.05, 3.63) is 64.7 Å². The third kappa shape index (κ3) is 3.53. The molecule has 0 heterocycles. The quantitative estimate of drug-likeness (QED) is 0.849. The summed E-state index contributed by atoms with van der Waals surface area (Å²) < 4.78 is 5.48. The first-order chi connectivity index (χ1) is 9.76. The molecule has 2 rings (SSSR count). The summed E-state index contributed by atoms with van der Waals surface area (Å²) in [5.74, 6) is 0.854. The lowest BCUT2D eigenvalue weighted by Gasteiger charge is -2.22. The Morgan fingerprint density at radius 1 is 1.15 bits per heavy atom. The van der Waals surface area contributed by atoms with Crippen molar-refractivity contribution in [2.24, 2.45) is 0 Å². The van der Waals surface area contributed by atoms with Crippen LogP contribution in [0.2, 0.25) is 5.02 Å². The topological polar surface area (TPSA) is 21.3 Å². The fourth-order valence-electron chi connectivity index (χ4n) is 2.27. The lowest BCUT2D eigenvalue weighted by Crippen LogP contribution is -2.23. The van der Waals surface area contributed by atoms with Crippen molar-refractivity contribution in [3.8, 4) is 5.75 Å². The molecule has 2 aromatic carbocycles. The van der Waals surface area contributed by atoms with Gasteiger partial charge in [0.15, 0.2) is 0 Å². The standard InChI is InChI=1S/C17H20ClNO/c1-3-11-19-17(13-7-5-4-6-8-13)15-12-14(18)9-10-16(15)20-2/h4-10,12,17,19H,3,11H2,1-2H3. The predicted octanol–water partition coefficient (Wildman–Crippen LogP) is 4.44. The minimum absolute atomic E-state index is 0.0878. The second-order valence-corrected chi connectivity index (χ2v) is 5.12. The largest absolute Gasteiger partial charge is 0.496 e. The average molecular weight is 290 g/mol. The normalized spacial score (nSPS) is 12.2. The number of halogens is 1. The molecular formula is C17H20ClNO. The van der Waals surface area contributed by atoms with Gasteiger partial charge in [0, 0.05) is 10.6 Å². The summed E-state index contributed by atoms with van der Waals surface area (Å²) in [6.45, 7) is 3.10. The minimum atomic E-state index is 0.0878. The molecule has 0 aliphatic heterocycles. The Morgan fingerprint density at radius 3 is 2.55 bits per heavy atom. The number of hydrogen-bond acceptors (Lipinski definition) is 2. The van der Waals surface area contributed by atoms with E-state index in [1.165, 1.54) is 5.56 Å². The summed E-state index contributed by atoms with van der Waals surface area (Å²) in [5.41, 5.74) is 2.28. The molecule has 0 bridgehead atoms. The lowest BCUT2D eigenvalue weighted by atomic mass is 9.97. The zero-order valence-corrected chi connectivity index (χ0v) is 12.7. The molecule has 106 valence electrons. The van der Waals surface area contributed by atoms with Gasteiger partial charge < -0.3 is 10.1 Å². The highest BCUT2D eigenvalue weighted by molar-refractivity contribution is 6.30. The van der Waals surface area contributed by atoms with E-state index in [1.807, 2.05) is 36.4 Å². The summed E-state index contributed by atoms with van der Waals surface area (Å²) in [6, 6.07) is 16.2. The molecule has 0 aromatic heterocycles. The molecule has 2 nitrogen and oxygen atoms in total. The van der Waals surface area contributed by atoms with Crippen LogP contribution in [0.1, 0.15) is 30.5 Å². The highest BCUT2D eigenvalue weighted by Gasteiger charge is 2.17. The maximum absolute atomic E-state index is 6.16. The molecule has 3 heteroatoms. The Bertz CT molecular complexity index is 542. The zero-order valence-electron chi connectivity index (χ0n) is 11.9. The van der Waals surface area contributed by atoms with Crippen LogP contribution in [0.5, 0.6) is 5.75 Å². The molecular weight excluding hydrogens is 270 g/mol. The van der Waals surface area contributed by atoms with Crippen LogP contribution < -0.4 is 10.1 Å². The number of methoxy groups -OCH3 is 1. The molecule has 0 saturated carbocycles. The van der Waals surface area contributed by atoms with E-state index in [9.17, 15) is 0 Å². The summed E-state index contributed by atoms with van der Waals surface area (Å²) in [4.78, 5) is 0. The van der Waals surface area contributed by atoms with E-state index in [4.69, 9.17) is 16.3 Å². The van der Waals surface area contributed by atoms with E-state index in [0.717, 1.165) is 29.3 Å². The summed E-state index contributed by atoms with van der Waals surface area (Å²) >= 11 is 6.16. The van der Waals surface area contributed by atoms with E-state index in [0.29, 0.717) is 0 Å². The van der Waals surface area contributed by atoms with Crippen molar-refractivity contribution in [2.45, 2.75) is 19.4 Å². The van der Waals surface area contributed by atoms with Gasteiger partial charge in [-0.2, -0.15) is 0 Å². The van der Waals surface area contributed by atoms with Crippen LogP contribution in [-0.4, -0.2) is 13.7 Å². The van der Waals surface area contributed by atoms with Crippen molar-refractivity contribution >= 4 is 11.6 Å². The van der Waals surface area contributed by atoms with Gasteiger partial charge in [-0.25, -0.2) is 0 Å². The second kappa shape index (κ2) is 7.32. The lowest BCUT2D eigenvalue weighted by molar-refractivity contribution is 0.404. The number of nitrogens with one attached hydrogen (secondary N) is 1. The molecule has 1 unspecified atom stereocenters. The highest BCUT2D eigenvalue weighted by atomic mass is 35.5. The molecule has 20 heavy (non-hydrogen) atoms. The van der Waals surface area contributed by atoms with Gasteiger partial charge >= 0.3 is 0 Å². The van der Waals surface area contributed by atoms with Crippen LogP contribution in [0.4, 0.5) is 0 Å². The molecule has 0 aliphatic rings. The Balaban J connectivity index is 2.43. The average Bonchev–Trinajstić information content (AvgIpc) is 2.49. The second-order valence-electron chi connectivity index (χ2n) is 4.68. The van der Waals surface area contributed by atoms with Crippen LogP contribution in [0, 0.1) is 0 Å². The third-order valence-corrected chi connectivity index (χ3v) is 3.47. The SMILES string of the molecule is CCCNC(c1ccccc1)c1cc(Cl)ccc1OC. The van der Waals surface area contributed by atoms with Gasteiger partial charge in [0.05, 0.1) is 13.2 Å². The van der Waals surface area contributed by atoms with Gasteiger partial charge in [0.2, 0.25) is 0 Å². The van der Waals surface area contributed by atoms with Gasteiger partial charge in [0.25, 0.3) is 0 Å². The molecule has 2 aromatic rings. The number of rotatable bonds is 6. The van der Waals surface area contributed by atoms with E-state index in [1.54, 1.807) is 7.11 Å². The van der Waals surface area contributed by atoms with Gasteiger partial charge in [0.1, 0.15) is 5.75 Å². The molecule has 1 N–H and O–H groups in total. The van der Waals surface area contributed by atoms with Crippen molar-refractivity contribution in [1.29, 1.82) is 0 Å².